The smallest absolute Gasteiger partial charge is 0.191 e. The maximum absolute atomic E-state index is 4.34. The van der Waals surface area contributed by atoms with E-state index < -0.39 is 0 Å². The van der Waals surface area contributed by atoms with Gasteiger partial charge in [0.15, 0.2) is 5.96 Å². The highest BCUT2D eigenvalue weighted by Gasteiger charge is 2.02. The Morgan fingerprint density at radius 2 is 2.53 bits per heavy atom. The first-order valence-corrected chi connectivity index (χ1v) is 5.36. The van der Waals surface area contributed by atoms with Crippen LogP contribution in [-0.2, 0) is 6.54 Å². The molecule has 1 aliphatic heterocycles. The van der Waals surface area contributed by atoms with Gasteiger partial charge >= 0.3 is 0 Å². The van der Waals surface area contributed by atoms with E-state index in [1.165, 1.54) is 0 Å². The van der Waals surface area contributed by atoms with E-state index in [2.05, 4.69) is 25.2 Å². The van der Waals surface area contributed by atoms with Crippen LogP contribution < -0.4 is 10.6 Å². The number of aromatic nitrogens is 2. The number of nitrogens with one attached hydrogen (secondary N) is 2. The van der Waals surface area contributed by atoms with Crippen molar-refractivity contribution < 1.29 is 0 Å². The normalized spacial score (nSPS) is 15.7. The quantitative estimate of drug-likeness (QED) is 0.741. The first kappa shape index (κ1) is 10.0. The molecular weight excluding hydrogens is 190 g/mol. The number of rotatable bonds is 3. The summed E-state index contributed by atoms with van der Waals surface area (Å²) in [7, 11) is 0. The van der Waals surface area contributed by atoms with Crippen LogP contribution in [0.5, 0.6) is 0 Å². The van der Waals surface area contributed by atoms with Crippen molar-refractivity contribution >= 4 is 5.96 Å². The molecule has 5 heteroatoms. The number of nitrogens with zero attached hydrogens (tertiary/aromatic N) is 3. The molecule has 0 radical (unpaired) electrons. The molecule has 0 fully saturated rings. The molecule has 0 aliphatic carbocycles. The van der Waals surface area contributed by atoms with Crippen LogP contribution in [0.25, 0.3) is 0 Å². The first-order valence-electron chi connectivity index (χ1n) is 5.36. The van der Waals surface area contributed by atoms with E-state index in [4.69, 9.17) is 0 Å². The first-order chi connectivity index (χ1) is 7.36. The van der Waals surface area contributed by atoms with Crippen LogP contribution >= 0.6 is 0 Å². The number of aryl methyl sites for hydroxylation is 1. The van der Waals surface area contributed by atoms with E-state index in [1.54, 1.807) is 0 Å². The number of hydrogen-bond acceptors (Lipinski definition) is 4. The zero-order valence-electron chi connectivity index (χ0n) is 9.03. The summed E-state index contributed by atoms with van der Waals surface area (Å²) in [5.41, 5.74) is 0. The summed E-state index contributed by atoms with van der Waals surface area (Å²) in [6.07, 6.45) is 4.95. The Hall–Kier alpha value is -1.52. The Balaban J connectivity index is 1.75. The zero-order valence-corrected chi connectivity index (χ0v) is 9.03. The van der Waals surface area contributed by atoms with E-state index in [0.717, 1.165) is 44.4 Å². The highest BCUT2D eigenvalue weighted by molar-refractivity contribution is 5.80. The molecule has 0 unspecified atom stereocenters. The summed E-state index contributed by atoms with van der Waals surface area (Å²) in [6, 6.07) is 0. The monoisotopic (exact) mass is 207 g/mol. The molecule has 0 bridgehead atoms. The highest BCUT2D eigenvalue weighted by Crippen LogP contribution is 1.93. The summed E-state index contributed by atoms with van der Waals surface area (Å²) in [5.74, 6) is 1.98. The topological polar surface area (TPSA) is 54.2 Å². The van der Waals surface area contributed by atoms with Crippen molar-refractivity contribution in [1.29, 1.82) is 0 Å². The van der Waals surface area contributed by atoms with Gasteiger partial charge in [0.2, 0.25) is 0 Å². The van der Waals surface area contributed by atoms with E-state index >= 15 is 0 Å². The predicted octanol–water partition coefficient (Wildman–Crippen LogP) is 0.130. The highest BCUT2D eigenvalue weighted by atomic mass is 15.2. The van der Waals surface area contributed by atoms with Gasteiger partial charge in [-0.05, 0) is 13.3 Å². The molecule has 0 spiro atoms. The predicted molar refractivity (Wildman–Crippen MR) is 59.9 cm³/mol. The lowest BCUT2D eigenvalue weighted by Gasteiger charge is -2.16. The zero-order chi connectivity index (χ0) is 10.5. The summed E-state index contributed by atoms with van der Waals surface area (Å²) < 4.78 is 2.12. The second-order valence-electron chi connectivity index (χ2n) is 3.61. The average Bonchev–Trinajstić information content (AvgIpc) is 2.66. The van der Waals surface area contributed by atoms with Crippen LogP contribution in [0.3, 0.4) is 0 Å². The van der Waals surface area contributed by atoms with E-state index in [-0.39, 0.29) is 0 Å². The molecule has 2 rings (SSSR count). The van der Waals surface area contributed by atoms with Gasteiger partial charge in [-0.1, -0.05) is 0 Å². The molecular formula is C10H17N5. The Morgan fingerprint density at radius 1 is 1.60 bits per heavy atom. The Kier molecular flexibility index (Phi) is 3.22. The van der Waals surface area contributed by atoms with Crippen molar-refractivity contribution in [3.8, 4) is 0 Å². The van der Waals surface area contributed by atoms with Gasteiger partial charge in [0.05, 0.1) is 0 Å². The van der Waals surface area contributed by atoms with Crippen LogP contribution in [0, 0.1) is 6.92 Å². The van der Waals surface area contributed by atoms with Gasteiger partial charge in [-0.2, -0.15) is 0 Å². The van der Waals surface area contributed by atoms with Crippen molar-refractivity contribution in [2.75, 3.05) is 19.6 Å². The van der Waals surface area contributed by atoms with Gasteiger partial charge in [-0.15, -0.1) is 0 Å². The van der Waals surface area contributed by atoms with Crippen molar-refractivity contribution in [3.63, 3.8) is 0 Å². The van der Waals surface area contributed by atoms with E-state index in [1.807, 2.05) is 19.3 Å². The average molecular weight is 207 g/mol. The van der Waals surface area contributed by atoms with Gasteiger partial charge in [0, 0.05) is 38.6 Å². The second kappa shape index (κ2) is 4.82. The minimum Gasteiger partial charge on any atom is -0.356 e. The van der Waals surface area contributed by atoms with Gasteiger partial charge in [-0.25, -0.2) is 4.98 Å². The molecule has 1 aliphatic rings. The van der Waals surface area contributed by atoms with Crippen LogP contribution in [-0.4, -0.2) is 35.1 Å². The van der Waals surface area contributed by atoms with Crippen LogP contribution in [0.15, 0.2) is 17.4 Å². The Labute approximate surface area is 89.6 Å². The minimum absolute atomic E-state index is 0.878. The van der Waals surface area contributed by atoms with Crippen molar-refractivity contribution in [3.05, 3.63) is 18.2 Å². The number of aliphatic imine (C=N–C) groups is 1. The third kappa shape index (κ3) is 2.71. The molecule has 5 nitrogen and oxygen atoms in total. The molecule has 2 N–H and O–H groups in total. The Morgan fingerprint density at radius 3 is 3.20 bits per heavy atom. The summed E-state index contributed by atoms with van der Waals surface area (Å²) >= 11 is 0. The lowest BCUT2D eigenvalue weighted by atomic mass is 10.4. The second-order valence-corrected chi connectivity index (χ2v) is 3.61. The van der Waals surface area contributed by atoms with Crippen molar-refractivity contribution in [1.82, 2.24) is 20.2 Å². The van der Waals surface area contributed by atoms with E-state index in [9.17, 15) is 0 Å². The van der Waals surface area contributed by atoms with Gasteiger partial charge in [0.25, 0.3) is 0 Å². The van der Waals surface area contributed by atoms with Crippen LogP contribution in [0.1, 0.15) is 12.2 Å². The standard InChI is InChI=1S/C10H17N5/c1-9-11-5-7-15(9)8-6-14-10-12-3-2-4-13-10/h5,7H,2-4,6,8H2,1H3,(H2,12,13,14). The fraction of sp³-hybridized carbons (Fsp3) is 0.600. The molecule has 0 atom stereocenters. The number of guanidine groups is 1. The molecule has 0 saturated carbocycles. The van der Waals surface area contributed by atoms with Crippen LogP contribution in [0.4, 0.5) is 0 Å². The summed E-state index contributed by atoms with van der Waals surface area (Å²) in [6.45, 7) is 5.77. The molecule has 82 valence electrons. The summed E-state index contributed by atoms with van der Waals surface area (Å²) in [5, 5.41) is 6.51. The van der Waals surface area contributed by atoms with Crippen molar-refractivity contribution in [2.24, 2.45) is 4.99 Å². The van der Waals surface area contributed by atoms with Gasteiger partial charge in [0.1, 0.15) is 5.82 Å². The molecule has 1 aromatic heterocycles. The maximum Gasteiger partial charge on any atom is 0.191 e. The molecule has 0 amide bonds. The van der Waals surface area contributed by atoms with Gasteiger partial charge in [-0.3, -0.25) is 4.99 Å². The fourth-order valence-electron chi connectivity index (χ4n) is 1.59. The molecule has 15 heavy (non-hydrogen) atoms. The summed E-state index contributed by atoms with van der Waals surface area (Å²) in [4.78, 5) is 8.51. The molecule has 0 aromatic carbocycles. The van der Waals surface area contributed by atoms with E-state index in [0.29, 0.717) is 0 Å². The molecule has 0 saturated heterocycles. The SMILES string of the molecule is Cc1nccn1CCNC1=NCCCN1. The van der Waals surface area contributed by atoms with Crippen LogP contribution in [0.2, 0.25) is 0 Å². The largest absolute Gasteiger partial charge is 0.356 e. The molecule has 1 aromatic rings. The van der Waals surface area contributed by atoms with Gasteiger partial charge < -0.3 is 15.2 Å². The lowest BCUT2D eigenvalue weighted by molar-refractivity contribution is 0.632. The number of imidazole rings is 1. The molecule has 2 heterocycles. The third-order valence-electron chi connectivity index (χ3n) is 2.47. The minimum atomic E-state index is 0.878. The number of hydrogen-bond donors (Lipinski definition) is 2. The Bertz CT molecular complexity index is 341. The van der Waals surface area contributed by atoms with Crippen molar-refractivity contribution in [2.45, 2.75) is 19.9 Å². The maximum atomic E-state index is 4.34. The third-order valence-corrected chi connectivity index (χ3v) is 2.47. The fourth-order valence-corrected chi connectivity index (χ4v) is 1.59. The lowest BCUT2D eigenvalue weighted by Crippen LogP contribution is -2.41.